The van der Waals surface area contributed by atoms with Gasteiger partial charge >= 0.3 is 0 Å². The minimum atomic E-state index is 0.0850. The summed E-state index contributed by atoms with van der Waals surface area (Å²) in [7, 11) is 0. The van der Waals surface area contributed by atoms with Crippen molar-refractivity contribution in [3.8, 4) is 0 Å². The number of fused-ring (bicyclic) bond motifs is 1. The van der Waals surface area contributed by atoms with E-state index in [1.807, 2.05) is 31.2 Å². The van der Waals surface area contributed by atoms with Crippen LogP contribution in [0.25, 0.3) is 10.9 Å². The molecule has 2 nitrogen and oxygen atoms in total. The zero-order valence-corrected chi connectivity index (χ0v) is 9.50. The number of rotatable bonds is 0. The number of H-pyrrole nitrogens is 1. The molecule has 0 aliphatic carbocycles. The first kappa shape index (κ1) is 11.5. The molecule has 0 aliphatic rings. The number of hydrogen-bond donors (Lipinski definition) is 1. The summed E-state index contributed by atoms with van der Waals surface area (Å²) in [6.07, 6.45) is 1.25. The number of nitrogens with one attached hydrogen (secondary N) is 1. The third-order valence-corrected chi connectivity index (χ3v) is 1.87. The molecule has 2 heteroatoms. The summed E-state index contributed by atoms with van der Waals surface area (Å²) in [4.78, 5) is 14.5. The van der Waals surface area contributed by atoms with E-state index in [2.05, 4.69) is 18.8 Å². The van der Waals surface area contributed by atoms with Crippen molar-refractivity contribution in [2.45, 2.75) is 27.2 Å². The van der Waals surface area contributed by atoms with Gasteiger partial charge in [-0.3, -0.25) is 4.79 Å². The molecule has 1 N–H and O–H groups in total. The van der Waals surface area contributed by atoms with Crippen LogP contribution in [0.15, 0.2) is 35.1 Å². The van der Waals surface area contributed by atoms with E-state index in [0.29, 0.717) is 0 Å². The first-order chi connectivity index (χ1) is 7.19. The van der Waals surface area contributed by atoms with E-state index in [9.17, 15) is 4.79 Å². The third-order valence-electron chi connectivity index (χ3n) is 1.87. The van der Waals surface area contributed by atoms with Crippen LogP contribution in [0.2, 0.25) is 0 Å². The Bertz CT molecular complexity index is 485. The highest BCUT2D eigenvalue weighted by molar-refractivity contribution is 5.78. The molecule has 0 spiro atoms. The minimum Gasteiger partial charge on any atom is -0.358 e. The van der Waals surface area contributed by atoms with Crippen molar-refractivity contribution < 1.29 is 0 Å². The molecule has 2 rings (SSSR count). The first-order valence-corrected chi connectivity index (χ1v) is 5.27. The smallest absolute Gasteiger partial charge is 0.189 e. The van der Waals surface area contributed by atoms with E-state index in [1.54, 1.807) is 6.07 Å². The van der Waals surface area contributed by atoms with Gasteiger partial charge in [0.25, 0.3) is 0 Å². The second-order valence-corrected chi connectivity index (χ2v) is 3.57. The van der Waals surface area contributed by atoms with Crippen LogP contribution in [0.1, 0.15) is 26.0 Å². The van der Waals surface area contributed by atoms with Crippen molar-refractivity contribution >= 4 is 10.9 Å². The van der Waals surface area contributed by atoms with Crippen LogP contribution in [0.3, 0.4) is 0 Å². The monoisotopic (exact) mass is 203 g/mol. The molecule has 2 aromatic rings. The van der Waals surface area contributed by atoms with Gasteiger partial charge in [0.15, 0.2) is 5.43 Å². The lowest BCUT2D eigenvalue weighted by molar-refractivity contribution is 1.09. The lowest BCUT2D eigenvalue weighted by Gasteiger charge is -1.97. The van der Waals surface area contributed by atoms with Gasteiger partial charge in [0.05, 0.1) is 0 Å². The number of benzene rings is 1. The second kappa shape index (κ2) is 5.35. The fraction of sp³-hybridized carbons (Fsp3) is 0.308. The van der Waals surface area contributed by atoms with Crippen molar-refractivity contribution in [3.63, 3.8) is 0 Å². The molecule has 0 amide bonds. The molecular formula is C13H17NO. The lowest BCUT2D eigenvalue weighted by Crippen LogP contribution is -2.01. The zero-order chi connectivity index (χ0) is 11.3. The van der Waals surface area contributed by atoms with Gasteiger partial charge in [0, 0.05) is 22.7 Å². The van der Waals surface area contributed by atoms with Gasteiger partial charge < -0.3 is 4.98 Å². The number of aromatic nitrogens is 1. The maximum atomic E-state index is 11.4. The Kier molecular flexibility index (Phi) is 4.10. The molecule has 80 valence electrons. The summed E-state index contributed by atoms with van der Waals surface area (Å²) >= 11 is 0. The fourth-order valence-corrected chi connectivity index (χ4v) is 1.33. The minimum absolute atomic E-state index is 0.0850. The van der Waals surface area contributed by atoms with Crippen LogP contribution in [0, 0.1) is 6.92 Å². The Labute approximate surface area is 90.0 Å². The highest BCUT2D eigenvalue weighted by Gasteiger charge is 1.96. The molecule has 1 heterocycles. The van der Waals surface area contributed by atoms with Crippen molar-refractivity contribution in [2.24, 2.45) is 0 Å². The number of aryl methyl sites for hydroxylation is 1. The Hall–Kier alpha value is -1.57. The molecule has 0 saturated carbocycles. The standard InChI is InChI=1S/C10H9NO.C3H8/c1-7-6-10(12)8-4-2-3-5-9(8)11-7;1-3-2/h2-6H,1H3,(H,11,12);3H2,1-2H3. The van der Waals surface area contributed by atoms with Gasteiger partial charge in [-0.1, -0.05) is 32.4 Å². The molecular weight excluding hydrogens is 186 g/mol. The molecule has 1 aromatic carbocycles. The molecule has 0 saturated heterocycles. The van der Waals surface area contributed by atoms with Gasteiger partial charge in [0.1, 0.15) is 0 Å². The average Bonchev–Trinajstić information content (AvgIpc) is 2.18. The predicted molar refractivity (Wildman–Crippen MR) is 65.3 cm³/mol. The summed E-state index contributed by atoms with van der Waals surface area (Å²) in [5.74, 6) is 0. The Morgan fingerprint density at radius 1 is 1.20 bits per heavy atom. The number of hydrogen-bond acceptors (Lipinski definition) is 1. The van der Waals surface area contributed by atoms with Crippen LogP contribution in [-0.2, 0) is 0 Å². The topological polar surface area (TPSA) is 32.9 Å². The average molecular weight is 203 g/mol. The van der Waals surface area contributed by atoms with E-state index in [-0.39, 0.29) is 5.43 Å². The SMILES string of the molecule is CCC.Cc1cc(=O)c2ccccc2[nH]1. The molecule has 0 aliphatic heterocycles. The highest BCUT2D eigenvalue weighted by atomic mass is 16.1. The molecule has 0 radical (unpaired) electrons. The van der Waals surface area contributed by atoms with Gasteiger partial charge in [0.2, 0.25) is 0 Å². The molecule has 0 unspecified atom stereocenters. The normalized spacial score (nSPS) is 9.53. The molecule has 0 atom stereocenters. The summed E-state index contributed by atoms with van der Waals surface area (Å²) in [6.45, 7) is 6.13. The summed E-state index contributed by atoms with van der Waals surface area (Å²) in [6, 6.07) is 9.13. The molecule has 1 aromatic heterocycles. The maximum Gasteiger partial charge on any atom is 0.189 e. The highest BCUT2D eigenvalue weighted by Crippen LogP contribution is 2.05. The van der Waals surface area contributed by atoms with Crippen LogP contribution in [0.4, 0.5) is 0 Å². The fourth-order valence-electron chi connectivity index (χ4n) is 1.33. The Morgan fingerprint density at radius 2 is 1.80 bits per heavy atom. The first-order valence-electron chi connectivity index (χ1n) is 5.27. The van der Waals surface area contributed by atoms with Gasteiger partial charge in [-0.2, -0.15) is 0 Å². The van der Waals surface area contributed by atoms with Gasteiger partial charge in [-0.15, -0.1) is 0 Å². The number of pyridine rings is 1. The van der Waals surface area contributed by atoms with E-state index in [4.69, 9.17) is 0 Å². The van der Waals surface area contributed by atoms with Crippen molar-refractivity contribution in [1.82, 2.24) is 4.98 Å². The van der Waals surface area contributed by atoms with E-state index in [0.717, 1.165) is 16.6 Å². The summed E-state index contributed by atoms with van der Waals surface area (Å²) < 4.78 is 0. The van der Waals surface area contributed by atoms with E-state index in [1.165, 1.54) is 6.42 Å². The molecule has 0 bridgehead atoms. The van der Waals surface area contributed by atoms with Crippen LogP contribution in [0.5, 0.6) is 0 Å². The van der Waals surface area contributed by atoms with Crippen molar-refractivity contribution in [2.75, 3.05) is 0 Å². The lowest BCUT2D eigenvalue weighted by atomic mass is 10.2. The van der Waals surface area contributed by atoms with Gasteiger partial charge in [-0.05, 0) is 19.1 Å². The number of aromatic amines is 1. The quantitative estimate of drug-likeness (QED) is 0.700. The largest absolute Gasteiger partial charge is 0.358 e. The summed E-state index contributed by atoms with van der Waals surface area (Å²) in [5.41, 5.74) is 1.89. The second-order valence-electron chi connectivity index (χ2n) is 3.57. The summed E-state index contributed by atoms with van der Waals surface area (Å²) in [5, 5.41) is 0.753. The van der Waals surface area contributed by atoms with Crippen LogP contribution < -0.4 is 5.43 Å². The van der Waals surface area contributed by atoms with Crippen LogP contribution >= 0.6 is 0 Å². The van der Waals surface area contributed by atoms with E-state index < -0.39 is 0 Å². The maximum absolute atomic E-state index is 11.4. The van der Waals surface area contributed by atoms with Crippen LogP contribution in [-0.4, -0.2) is 4.98 Å². The van der Waals surface area contributed by atoms with Crippen molar-refractivity contribution in [3.05, 3.63) is 46.2 Å². The molecule has 0 fully saturated rings. The van der Waals surface area contributed by atoms with Gasteiger partial charge in [-0.25, -0.2) is 0 Å². The third kappa shape index (κ3) is 2.94. The van der Waals surface area contributed by atoms with Crippen molar-refractivity contribution in [1.29, 1.82) is 0 Å². The predicted octanol–water partition coefficient (Wildman–Crippen LogP) is 3.25. The Balaban J connectivity index is 0.000000337. The Morgan fingerprint density at radius 3 is 2.47 bits per heavy atom. The molecule has 15 heavy (non-hydrogen) atoms. The zero-order valence-electron chi connectivity index (χ0n) is 9.50. The number of para-hydroxylation sites is 1. The van der Waals surface area contributed by atoms with E-state index >= 15 is 0 Å².